The Labute approximate surface area is 110 Å². The maximum Gasteiger partial charge on any atom is 0.416 e. The summed E-state index contributed by atoms with van der Waals surface area (Å²) in [4.78, 5) is 0. The lowest BCUT2D eigenvalue weighted by Gasteiger charge is -2.19. The summed E-state index contributed by atoms with van der Waals surface area (Å²) in [6.45, 7) is 0. The molecule has 1 aromatic rings. The van der Waals surface area contributed by atoms with E-state index in [2.05, 4.69) is 28.6 Å². The van der Waals surface area contributed by atoms with Crippen LogP contribution in [0.5, 0.6) is 0 Å². The van der Waals surface area contributed by atoms with E-state index in [9.17, 15) is 23.4 Å². The number of thiol groups is 1. The van der Waals surface area contributed by atoms with Gasteiger partial charge in [0.25, 0.3) is 0 Å². The van der Waals surface area contributed by atoms with Crippen molar-refractivity contribution in [3.63, 3.8) is 0 Å². The van der Waals surface area contributed by atoms with Crippen LogP contribution in [-0.4, -0.2) is 22.1 Å². The highest BCUT2D eigenvalue weighted by Crippen LogP contribution is 2.34. The molecule has 7 heteroatoms. The summed E-state index contributed by atoms with van der Waals surface area (Å²) < 4.78 is 37.7. The number of aliphatic hydroxyl groups is 2. The van der Waals surface area contributed by atoms with Crippen LogP contribution in [0.3, 0.4) is 0 Å². The van der Waals surface area contributed by atoms with Crippen molar-refractivity contribution in [2.24, 2.45) is 0 Å². The van der Waals surface area contributed by atoms with E-state index in [0.29, 0.717) is 4.47 Å². The number of hydrogen-bond donors (Lipinski definition) is 3. The van der Waals surface area contributed by atoms with Gasteiger partial charge in [0.05, 0.1) is 11.7 Å². The minimum Gasteiger partial charge on any atom is -0.389 e. The third-order valence-electron chi connectivity index (χ3n) is 2.19. The van der Waals surface area contributed by atoms with Gasteiger partial charge in [-0.2, -0.15) is 25.8 Å². The van der Waals surface area contributed by atoms with E-state index in [-0.39, 0.29) is 11.3 Å². The molecule has 96 valence electrons. The van der Waals surface area contributed by atoms with Crippen LogP contribution in [0.25, 0.3) is 0 Å². The van der Waals surface area contributed by atoms with Crippen LogP contribution in [0.2, 0.25) is 0 Å². The molecular formula is C10H10BrF3O2S. The summed E-state index contributed by atoms with van der Waals surface area (Å²) in [7, 11) is 0. The zero-order chi connectivity index (χ0) is 13.2. The highest BCUT2D eigenvalue weighted by atomic mass is 79.9. The third-order valence-corrected chi connectivity index (χ3v) is 3.29. The molecule has 17 heavy (non-hydrogen) atoms. The quantitative estimate of drug-likeness (QED) is 0.746. The molecule has 0 saturated carbocycles. The first-order valence-electron chi connectivity index (χ1n) is 4.61. The first-order chi connectivity index (χ1) is 7.77. The normalized spacial score (nSPS) is 15.7. The third kappa shape index (κ3) is 3.61. The van der Waals surface area contributed by atoms with E-state index in [4.69, 9.17) is 0 Å². The van der Waals surface area contributed by atoms with E-state index < -0.39 is 23.9 Å². The summed E-state index contributed by atoms with van der Waals surface area (Å²) in [5.74, 6) is -0.0517. The second kappa shape index (κ2) is 5.60. The van der Waals surface area contributed by atoms with Gasteiger partial charge in [-0.1, -0.05) is 15.9 Å². The molecule has 0 spiro atoms. The van der Waals surface area contributed by atoms with E-state index >= 15 is 0 Å². The number of aliphatic hydroxyl groups excluding tert-OH is 2. The van der Waals surface area contributed by atoms with Crippen molar-refractivity contribution in [1.29, 1.82) is 0 Å². The van der Waals surface area contributed by atoms with Crippen molar-refractivity contribution >= 4 is 28.6 Å². The van der Waals surface area contributed by atoms with Crippen LogP contribution in [0.4, 0.5) is 13.2 Å². The Morgan fingerprint density at radius 2 is 1.88 bits per heavy atom. The first kappa shape index (κ1) is 14.8. The summed E-state index contributed by atoms with van der Waals surface area (Å²) in [6, 6.07) is 2.89. The van der Waals surface area contributed by atoms with Gasteiger partial charge in [0.15, 0.2) is 0 Å². The van der Waals surface area contributed by atoms with Gasteiger partial charge < -0.3 is 10.2 Å². The lowest BCUT2D eigenvalue weighted by atomic mass is 10.0. The van der Waals surface area contributed by atoms with Crippen LogP contribution in [0.1, 0.15) is 17.2 Å². The lowest BCUT2D eigenvalue weighted by Crippen LogP contribution is -2.20. The number of hydrogen-bond acceptors (Lipinski definition) is 3. The van der Waals surface area contributed by atoms with Crippen LogP contribution >= 0.6 is 28.6 Å². The standard InChI is InChI=1S/C10H10BrF3O2S/c11-7-2-1-5(10(12,13)14)3-6(7)9(16)8(15)4-17/h1-3,8-9,15-17H,4H2. The number of halogens is 4. The van der Waals surface area contributed by atoms with Gasteiger partial charge in [0, 0.05) is 10.2 Å². The van der Waals surface area contributed by atoms with Gasteiger partial charge in [0.2, 0.25) is 0 Å². The van der Waals surface area contributed by atoms with Crippen molar-refractivity contribution in [2.45, 2.75) is 18.4 Å². The molecule has 0 aliphatic carbocycles. The minimum absolute atomic E-state index is 0.0126. The van der Waals surface area contributed by atoms with Crippen molar-refractivity contribution in [1.82, 2.24) is 0 Å². The summed E-state index contributed by atoms with van der Waals surface area (Å²) in [5, 5.41) is 19.0. The summed E-state index contributed by atoms with van der Waals surface area (Å²) >= 11 is 6.81. The molecule has 0 aromatic heterocycles. The first-order valence-corrected chi connectivity index (χ1v) is 6.03. The van der Waals surface area contributed by atoms with E-state index in [0.717, 1.165) is 12.1 Å². The van der Waals surface area contributed by atoms with Crippen LogP contribution in [0.15, 0.2) is 22.7 Å². The van der Waals surface area contributed by atoms with Gasteiger partial charge in [-0.15, -0.1) is 0 Å². The SMILES string of the molecule is OC(CS)C(O)c1cc(C(F)(F)F)ccc1Br. The molecule has 2 nitrogen and oxygen atoms in total. The summed E-state index contributed by atoms with van der Waals surface area (Å²) in [6.07, 6.45) is -7.12. The molecule has 0 radical (unpaired) electrons. The smallest absolute Gasteiger partial charge is 0.389 e. The molecule has 1 aromatic carbocycles. The lowest BCUT2D eigenvalue weighted by molar-refractivity contribution is -0.137. The monoisotopic (exact) mass is 330 g/mol. The predicted molar refractivity (Wildman–Crippen MR) is 64.0 cm³/mol. The summed E-state index contributed by atoms with van der Waals surface area (Å²) in [5.41, 5.74) is -0.887. The van der Waals surface area contributed by atoms with Crippen molar-refractivity contribution in [3.8, 4) is 0 Å². The van der Waals surface area contributed by atoms with Crippen molar-refractivity contribution < 1.29 is 23.4 Å². The van der Waals surface area contributed by atoms with Gasteiger partial charge in [-0.3, -0.25) is 0 Å². The highest BCUT2D eigenvalue weighted by Gasteiger charge is 2.32. The zero-order valence-electron chi connectivity index (χ0n) is 8.45. The van der Waals surface area contributed by atoms with Crippen LogP contribution in [0, 0.1) is 0 Å². The van der Waals surface area contributed by atoms with Crippen LogP contribution < -0.4 is 0 Å². The second-order valence-electron chi connectivity index (χ2n) is 3.43. The van der Waals surface area contributed by atoms with Gasteiger partial charge >= 0.3 is 6.18 Å². The number of alkyl halides is 3. The Balaban J connectivity index is 3.15. The second-order valence-corrected chi connectivity index (χ2v) is 4.65. The molecule has 0 saturated heterocycles. The Morgan fingerprint density at radius 3 is 2.35 bits per heavy atom. The van der Waals surface area contributed by atoms with E-state index in [1.54, 1.807) is 0 Å². The molecule has 0 amide bonds. The molecule has 0 aliphatic heterocycles. The van der Waals surface area contributed by atoms with Crippen LogP contribution in [-0.2, 0) is 6.18 Å². The molecule has 2 N–H and O–H groups in total. The fourth-order valence-electron chi connectivity index (χ4n) is 1.25. The topological polar surface area (TPSA) is 40.5 Å². The van der Waals surface area contributed by atoms with E-state index in [1.807, 2.05) is 0 Å². The largest absolute Gasteiger partial charge is 0.416 e. The molecule has 0 heterocycles. The predicted octanol–water partition coefficient (Wildman–Crippen LogP) is 2.79. The minimum atomic E-state index is -4.49. The van der Waals surface area contributed by atoms with Crippen molar-refractivity contribution in [2.75, 3.05) is 5.75 Å². The van der Waals surface area contributed by atoms with E-state index in [1.165, 1.54) is 6.07 Å². The Bertz CT molecular complexity index is 398. The fourth-order valence-corrected chi connectivity index (χ4v) is 1.93. The molecule has 0 fully saturated rings. The van der Waals surface area contributed by atoms with Gasteiger partial charge in [-0.25, -0.2) is 0 Å². The average molecular weight is 331 g/mol. The van der Waals surface area contributed by atoms with Gasteiger partial charge in [-0.05, 0) is 23.8 Å². The van der Waals surface area contributed by atoms with Crippen molar-refractivity contribution in [3.05, 3.63) is 33.8 Å². The molecule has 1 rings (SSSR count). The number of benzene rings is 1. The zero-order valence-corrected chi connectivity index (χ0v) is 10.9. The highest BCUT2D eigenvalue weighted by molar-refractivity contribution is 9.10. The molecular weight excluding hydrogens is 321 g/mol. The fraction of sp³-hybridized carbons (Fsp3) is 0.400. The molecule has 2 atom stereocenters. The molecule has 0 bridgehead atoms. The molecule has 0 aliphatic rings. The molecule has 2 unspecified atom stereocenters. The Kier molecular flexibility index (Phi) is 4.88. The Morgan fingerprint density at radius 1 is 1.29 bits per heavy atom. The van der Waals surface area contributed by atoms with Gasteiger partial charge in [0.1, 0.15) is 6.10 Å². The Hall–Kier alpha value is -0.240. The maximum absolute atomic E-state index is 12.5. The maximum atomic E-state index is 12.5. The average Bonchev–Trinajstić information content (AvgIpc) is 2.26. The number of rotatable bonds is 3.